The maximum atomic E-state index is 12.8. The van der Waals surface area contributed by atoms with Crippen molar-refractivity contribution in [3.63, 3.8) is 0 Å². The molecule has 0 fully saturated rings. The molecule has 0 unspecified atom stereocenters. The van der Waals surface area contributed by atoms with E-state index >= 15 is 0 Å². The van der Waals surface area contributed by atoms with E-state index in [1.54, 1.807) is 6.92 Å². The molecule has 0 saturated carbocycles. The van der Waals surface area contributed by atoms with Crippen LogP contribution >= 0.6 is 11.3 Å². The summed E-state index contributed by atoms with van der Waals surface area (Å²) in [6, 6.07) is 2.02. The summed E-state index contributed by atoms with van der Waals surface area (Å²) in [5.74, 6) is -0.237. The third kappa shape index (κ3) is 3.01. The molecule has 108 valence electrons. The Morgan fingerprint density at radius 3 is 2.75 bits per heavy atom. The summed E-state index contributed by atoms with van der Waals surface area (Å²) < 4.78 is 38.9. The Balaban J connectivity index is 2.46. The second-order valence-electron chi connectivity index (χ2n) is 4.16. The van der Waals surface area contributed by atoms with Crippen LogP contribution in [0.2, 0.25) is 0 Å². The quantitative estimate of drug-likeness (QED) is 0.916. The molecule has 4 nitrogen and oxygen atoms in total. The number of carbonyl (C=O) groups is 1. The standard InChI is InChI=1S/C12H12F3N3OS/c1-2-9(19)17-5-6-3-7(12(13,14)15)4-8-10(6)18-11(16)20-8/h3-4H,2,5H2,1H3,(H2,16,18)(H,17,19). The molecule has 3 N–H and O–H groups in total. The van der Waals surface area contributed by atoms with Gasteiger partial charge in [0.05, 0.1) is 15.8 Å². The van der Waals surface area contributed by atoms with Crippen LogP contribution in [0.25, 0.3) is 10.2 Å². The topological polar surface area (TPSA) is 68.0 Å². The highest BCUT2D eigenvalue weighted by Gasteiger charge is 2.31. The molecule has 0 aliphatic carbocycles. The monoisotopic (exact) mass is 303 g/mol. The predicted octanol–water partition coefficient (Wildman–Crippen LogP) is 2.92. The number of benzene rings is 1. The number of nitrogens with two attached hydrogens (primary N) is 1. The van der Waals surface area contributed by atoms with E-state index in [4.69, 9.17) is 5.73 Å². The number of anilines is 1. The van der Waals surface area contributed by atoms with Gasteiger partial charge in [-0.25, -0.2) is 4.98 Å². The lowest BCUT2D eigenvalue weighted by Crippen LogP contribution is -2.22. The van der Waals surface area contributed by atoms with Gasteiger partial charge in [-0.1, -0.05) is 18.3 Å². The number of aromatic nitrogens is 1. The number of fused-ring (bicyclic) bond motifs is 1. The number of amides is 1. The molecule has 0 radical (unpaired) electrons. The van der Waals surface area contributed by atoms with Gasteiger partial charge in [0.25, 0.3) is 0 Å². The molecule has 0 bridgehead atoms. The van der Waals surface area contributed by atoms with E-state index in [9.17, 15) is 18.0 Å². The van der Waals surface area contributed by atoms with Crippen LogP contribution in [-0.2, 0) is 17.5 Å². The summed E-state index contributed by atoms with van der Waals surface area (Å²) in [5.41, 5.74) is 5.48. The molecule has 0 spiro atoms. The van der Waals surface area contributed by atoms with Gasteiger partial charge in [-0.2, -0.15) is 13.2 Å². The van der Waals surface area contributed by atoms with E-state index in [0.717, 1.165) is 23.5 Å². The summed E-state index contributed by atoms with van der Waals surface area (Å²) >= 11 is 0.991. The predicted molar refractivity (Wildman–Crippen MR) is 71.2 cm³/mol. The minimum absolute atomic E-state index is 0.00370. The number of hydrogen-bond acceptors (Lipinski definition) is 4. The molecule has 20 heavy (non-hydrogen) atoms. The first-order chi connectivity index (χ1) is 9.31. The SMILES string of the molecule is CCC(=O)NCc1cc(C(F)(F)F)cc2sc(N)nc12. The van der Waals surface area contributed by atoms with Gasteiger partial charge in [-0.3, -0.25) is 4.79 Å². The molecule has 1 amide bonds. The summed E-state index contributed by atoms with van der Waals surface area (Å²) in [6.45, 7) is 1.66. The van der Waals surface area contributed by atoms with E-state index in [1.807, 2.05) is 0 Å². The molecule has 1 aromatic heterocycles. The van der Waals surface area contributed by atoms with Gasteiger partial charge in [0.15, 0.2) is 5.13 Å². The maximum Gasteiger partial charge on any atom is 0.416 e. The van der Waals surface area contributed by atoms with Gasteiger partial charge < -0.3 is 11.1 Å². The van der Waals surface area contributed by atoms with Crippen LogP contribution in [0.5, 0.6) is 0 Å². The number of alkyl halides is 3. The summed E-state index contributed by atoms with van der Waals surface area (Å²) in [4.78, 5) is 15.3. The third-order valence-electron chi connectivity index (χ3n) is 2.71. The maximum absolute atomic E-state index is 12.8. The van der Waals surface area contributed by atoms with Crippen LogP contribution < -0.4 is 11.1 Å². The largest absolute Gasteiger partial charge is 0.416 e. The minimum Gasteiger partial charge on any atom is -0.375 e. The fourth-order valence-corrected chi connectivity index (χ4v) is 2.55. The Kier molecular flexibility index (Phi) is 3.85. The highest BCUT2D eigenvalue weighted by Crippen LogP contribution is 2.35. The van der Waals surface area contributed by atoms with Gasteiger partial charge >= 0.3 is 6.18 Å². The number of carbonyl (C=O) groups excluding carboxylic acids is 1. The van der Waals surface area contributed by atoms with Gasteiger partial charge in [0.1, 0.15) is 0 Å². The van der Waals surface area contributed by atoms with E-state index < -0.39 is 11.7 Å². The first-order valence-corrected chi connectivity index (χ1v) is 6.65. The first kappa shape index (κ1) is 14.6. The van der Waals surface area contributed by atoms with Crippen LogP contribution in [0.3, 0.4) is 0 Å². The van der Waals surface area contributed by atoms with Crippen molar-refractivity contribution < 1.29 is 18.0 Å². The Morgan fingerprint density at radius 2 is 2.15 bits per heavy atom. The number of rotatable bonds is 3. The molecular formula is C12H12F3N3OS. The molecule has 0 aliphatic heterocycles. The molecule has 0 saturated heterocycles. The zero-order valence-electron chi connectivity index (χ0n) is 10.5. The zero-order valence-corrected chi connectivity index (χ0v) is 11.4. The lowest BCUT2D eigenvalue weighted by Gasteiger charge is -2.10. The highest BCUT2D eigenvalue weighted by atomic mass is 32.1. The lowest BCUT2D eigenvalue weighted by molar-refractivity contribution is -0.137. The van der Waals surface area contributed by atoms with E-state index in [-0.39, 0.29) is 24.0 Å². The summed E-state index contributed by atoms with van der Waals surface area (Å²) in [7, 11) is 0. The van der Waals surface area contributed by atoms with Crippen molar-refractivity contribution in [2.24, 2.45) is 0 Å². The number of thiazole rings is 1. The average Bonchev–Trinajstić information content (AvgIpc) is 2.74. The third-order valence-corrected chi connectivity index (χ3v) is 3.55. The minimum atomic E-state index is -4.45. The second kappa shape index (κ2) is 5.28. The molecule has 0 aliphatic rings. The number of nitrogens with one attached hydrogen (secondary N) is 1. The number of nitrogen functional groups attached to an aromatic ring is 1. The van der Waals surface area contributed by atoms with Crippen molar-refractivity contribution in [3.05, 3.63) is 23.3 Å². The van der Waals surface area contributed by atoms with Crippen molar-refractivity contribution in [2.45, 2.75) is 26.1 Å². The van der Waals surface area contributed by atoms with Crippen molar-refractivity contribution in [1.29, 1.82) is 0 Å². The van der Waals surface area contributed by atoms with Crippen LogP contribution in [0.15, 0.2) is 12.1 Å². The molecule has 2 rings (SSSR count). The van der Waals surface area contributed by atoms with Gasteiger partial charge in [0.2, 0.25) is 5.91 Å². The number of halogens is 3. The van der Waals surface area contributed by atoms with Crippen molar-refractivity contribution >= 4 is 32.6 Å². The molecule has 8 heteroatoms. The highest BCUT2D eigenvalue weighted by molar-refractivity contribution is 7.22. The fourth-order valence-electron chi connectivity index (χ4n) is 1.73. The van der Waals surface area contributed by atoms with Gasteiger partial charge in [0, 0.05) is 13.0 Å². The average molecular weight is 303 g/mol. The van der Waals surface area contributed by atoms with E-state index in [2.05, 4.69) is 10.3 Å². The Bertz CT molecular complexity index is 651. The van der Waals surface area contributed by atoms with Gasteiger partial charge in [-0.15, -0.1) is 0 Å². The van der Waals surface area contributed by atoms with Gasteiger partial charge in [-0.05, 0) is 17.7 Å². The zero-order chi connectivity index (χ0) is 14.9. The van der Waals surface area contributed by atoms with Crippen LogP contribution in [0.4, 0.5) is 18.3 Å². The van der Waals surface area contributed by atoms with Crippen molar-refractivity contribution in [2.75, 3.05) is 5.73 Å². The Hall–Kier alpha value is -1.83. The molecule has 1 aromatic carbocycles. The molecule has 0 atom stereocenters. The summed E-state index contributed by atoms with van der Waals surface area (Å²) in [6.07, 6.45) is -4.18. The molecule has 1 heterocycles. The van der Waals surface area contributed by atoms with Crippen molar-refractivity contribution in [3.8, 4) is 0 Å². The molecule has 2 aromatic rings. The van der Waals surface area contributed by atoms with Crippen LogP contribution in [0.1, 0.15) is 24.5 Å². The van der Waals surface area contributed by atoms with Crippen LogP contribution in [-0.4, -0.2) is 10.9 Å². The Labute approximate surface area is 116 Å². The fraction of sp³-hybridized carbons (Fsp3) is 0.333. The van der Waals surface area contributed by atoms with Crippen molar-refractivity contribution in [1.82, 2.24) is 10.3 Å². The Morgan fingerprint density at radius 1 is 1.45 bits per heavy atom. The number of hydrogen-bond donors (Lipinski definition) is 2. The van der Waals surface area contributed by atoms with E-state index in [1.165, 1.54) is 0 Å². The van der Waals surface area contributed by atoms with Crippen LogP contribution in [0, 0.1) is 0 Å². The number of nitrogens with zero attached hydrogens (tertiary/aromatic N) is 1. The first-order valence-electron chi connectivity index (χ1n) is 5.84. The second-order valence-corrected chi connectivity index (χ2v) is 5.22. The lowest BCUT2D eigenvalue weighted by atomic mass is 10.1. The normalized spacial score (nSPS) is 11.8. The molecular weight excluding hydrogens is 291 g/mol. The smallest absolute Gasteiger partial charge is 0.375 e. The van der Waals surface area contributed by atoms with E-state index in [0.29, 0.717) is 15.8 Å². The summed E-state index contributed by atoms with van der Waals surface area (Å²) in [5, 5.41) is 2.74.